The van der Waals surface area contributed by atoms with Gasteiger partial charge in [-0.3, -0.25) is 19.7 Å². The van der Waals surface area contributed by atoms with Gasteiger partial charge in [0, 0.05) is 17.7 Å². The minimum atomic E-state index is -0.717. The third-order valence-electron chi connectivity index (χ3n) is 5.86. The Labute approximate surface area is 186 Å². The Morgan fingerprint density at radius 2 is 1.59 bits per heavy atom. The SMILES string of the molecule is CCC1(c2ccc(NC(=O)c3ccc(Oc4ccccc4)cc3)cc2)CCC(=O)NC1=O. The molecular formula is C26H24N2O4. The molecule has 3 aromatic rings. The van der Waals surface area contributed by atoms with E-state index in [2.05, 4.69) is 10.6 Å². The van der Waals surface area contributed by atoms with E-state index in [9.17, 15) is 14.4 Å². The summed E-state index contributed by atoms with van der Waals surface area (Å²) in [6, 6.07) is 23.6. The van der Waals surface area contributed by atoms with Gasteiger partial charge in [0.1, 0.15) is 11.5 Å². The number of nitrogens with one attached hydrogen (secondary N) is 2. The average molecular weight is 428 g/mol. The van der Waals surface area contributed by atoms with E-state index in [-0.39, 0.29) is 17.7 Å². The first-order valence-electron chi connectivity index (χ1n) is 10.6. The maximum Gasteiger partial charge on any atom is 0.255 e. The summed E-state index contributed by atoms with van der Waals surface area (Å²) in [5.74, 6) is 0.640. The fraction of sp³-hybridized carbons (Fsp3) is 0.192. The highest BCUT2D eigenvalue weighted by Gasteiger charge is 2.42. The standard InChI is InChI=1S/C26H24N2O4/c1-2-26(17-16-23(29)28-25(26)31)19-10-12-20(13-11-19)27-24(30)18-8-14-22(15-9-18)32-21-6-4-3-5-7-21/h3-15H,2,16-17H2,1H3,(H,27,30)(H,28,29,31). The highest BCUT2D eigenvalue weighted by Crippen LogP contribution is 2.36. The molecule has 6 heteroatoms. The van der Waals surface area contributed by atoms with Crippen LogP contribution in [0.15, 0.2) is 78.9 Å². The molecule has 0 aromatic heterocycles. The number of carbonyl (C=O) groups is 3. The van der Waals surface area contributed by atoms with E-state index in [0.29, 0.717) is 36.3 Å². The van der Waals surface area contributed by atoms with Crippen molar-refractivity contribution >= 4 is 23.4 Å². The van der Waals surface area contributed by atoms with Gasteiger partial charge in [-0.25, -0.2) is 0 Å². The topological polar surface area (TPSA) is 84.5 Å². The minimum Gasteiger partial charge on any atom is -0.457 e. The molecule has 6 nitrogen and oxygen atoms in total. The molecule has 1 aliphatic rings. The fourth-order valence-electron chi connectivity index (χ4n) is 3.94. The van der Waals surface area contributed by atoms with Crippen molar-refractivity contribution in [3.05, 3.63) is 90.0 Å². The number of amides is 3. The Balaban J connectivity index is 1.42. The van der Waals surface area contributed by atoms with Crippen molar-refractivity contribution in [2.45, 2.75) is 31.6 Å². The van der Waals surface area contributed by atoms with Gasteiger partial charge in [0.2, 0.25) is 11.8 Å². The van der Waals surface area contributed by atoms with E-state index < -0.39 is 5.41 Å². The van der Waals surface area contributed by atoms with E-state index >= 15 is 0 Å². The van der Waals surface area contributed by atoms with Gasteiger partial charge in [-0.2, -0.15) is 0 Å². The highest BCUT2D eigenvalue weighted by molar-refractivity contribution is 6.05. The van der Waals surface area contributed by atoms with Crippen LogP contribution in [0, 0.1) is 0 Å². The van der Waals surface area contributed by atoms with Crippen molar-refractivity contribution in [1.82, 2.24) is 5.32 Å². The number of hydrogen-bond acceptors (Lipinski definition) is 4. The van der Waals surface area contributed by atoms with E-state index in [1.54, 1.807) is 36.4 Å². The molecule has 0 spiro atoms. The Morgan fingerprint density at radius 1 is 0.938 bits per heavy atom. The quantitative estimate of drug-likeness (QED) is 0.552. The lowest BCUT2D eigenvalue weighted by atomic mass is 9.72. The summed E-state index contributed by atoms with van der Waals surface area (Å²) in [5, 5.41) is 5.32. The second-order valence-electron chi connectivity index (χ2n) is 7.78. The summed E-state index contributed by atoms with van der Waals surface area (Å²) in [4.78, 5) is 36.7. The third-order valence-corrected chi connectivity index (χ3v) is 5.86. The first-order valence-corrected chi connectivity index (χ1v) is 10.6. The zero-order valence-corrected chi connectivity index (χ0v) is 17.8. The van der Waals surface area contributed by atoms with Crippen LogP contribution >= 0.6 is 0 Å². The zero-order valence-electron chi connectivity index (χ0n) is 17.8. The first-order chi connectivity index (χ1) is 15.5. The summed E-state index contributed by atoms with van der Waals surface area (Å²) in [5.41, 5.74) is 1.25. The number of carbonyl (C=O) groups excluding carboxylic acids is 3. The number of rotatable bonds is 6. The molecule has 1 heterocycles. The predicted octanol–water partition coefficient (Wildman–Crippen LogP) is 4.82. The molecule has 2 N–H and O–H groups in total. The van der Waals surface area contributed by atoms with Gasteiger partial charge in [0.15, 0.2) is 0 Å². The van der Waals surface area contributed by atoms with Gasteiger partial charge in [-0.05, 0) is 66.9 Å². The molecule has 0 aliphatic carbocycles. The van der Waals surface area contributed by atoms with Crippen molar-refractivity contribution in [2.24, 2.45) is 0 Å². The molecule has 0 saturated carbocycles. The zero-order chi connectivity index (χ0) is 22.6. The summed E-state index contributed by atoms with van der Waals surface area (Å²) in [6.07, 6.45) is 1.40. The van der Waals surface area contributed by atoms with E-state index in [4.69, 9.17) is 4.74 Å². The van der Waals surface area contributed by atoms with Gasteiger partial charge in [-0.15, -0.1) is 0 Å². The lowest BCUT2D eigenvalue weighted by molar-refractivity contribution is -0.138. The summed E-state index contributed by atoms with van der Waals surface area (Å²) in [7, 11) is 0. The average Bonchev–Trinajstić information content (AvgIpc) is 2.81. The minimum absolute atomic E-state index is 0.233. The molecule has 0 radical (unpaired) electrons. The molecule has 0 bridgehead atoms. The van der Waals surface area contributed by atoms with Crippen molar-refractivity contribution in [3.63, 3.8) is 0 Å². The molecule has 1 atom stereocenters. The van der Waals surface area contributed by atoms with Crippen LogP contribution in [0.2, 0.25) is 0 Å². The number of anilines is 1. The second-order valence-corrected chi connectivity index (χ2v) is 7.78. The van der Waals surface area contributed by atoms with Crippen LogP contribution in [0.3, 0.4) is 0 Å². The number of imide groups is 1. The summed E-state index contributed by atoms with van der Waals surface area (Å²) < 4.78 is 5.75. The van der Waals surface area contributed by atoms with Gasteiger partial charge in [0.05, 0.1) is 5.41 Å². The maximum atomic E-state index is 12.6. The Bertz CT molecular complexity index is 1120. The van der Waals surface area contributed by atoms with Crippen LogP contribution in [-0.4, -0.2) is 17.7 Å². The number of para-hydroxylation sites is 1. The molecule has 1 unspecified atom stereocenters. The van der Waals surface area contributed by atoms with Crippen molar-refractivity contribution < 1.29 is 19.1 Å². The molecule has 162 valence electrons. The molecule has 1 fully saturated rings. The van der Waals surface area contributed by atoms with E-state index in [0.717, 1.165) is 11.3 Å². The van der Waals surface area contributed by atoms with Crippen LogP contribution in [0.5, 0.6) is 11.5 Å². The summed E-state index contributed by atoms with van der Waals surface area (Å²) >= 11 is 0. The first kappa shape index (κ1) is 21.3. The third kappa shape index (κ3) is 4.39. The summed E-state index contributed by atoms with van der Waals surface area (Å²) in [6.45, 7) is 1.94. The monoisotopic (exact) mass is 428 g/mol. The van der Waals surface area contributed by atoms with E-state index in [1.807, 2.05) is 49.4 Å². The van der Waals surface area contributed by atoms with Crippen molar-refractivity contribution in [1.29, 1.82) is 0 Å². The second kappa shape index (κ2) is 9.06. The Kier molecular flexibility index (Phi) is 6.03. The molecular weight excluding hydrogens is 404 g/mol. The molecule has 1 aliphatic heterocycles. The smallest absolute Gasteiger partial charge is 0.255 e. The lowest BCUT2D eigenvalue weighted by Crippen LogP contribution is -2.51. The van der Waals surface area contributed by atoms with Gasteiger partial charge >= 0.3 is 0 Å². The van der Waals surface area contributed by atoms with E-state index in [1.165, 1.54) is 0 Å². The lowest BCUT2D eigenvalue weighted by Gasteiger charge is -2.35. The normalized spacial score (nSPS) is 18.0. The Morgan fingerprint density at radius 3 is 2.22 bits per heavy atom. The number of piperidine rings is 1. The maximum absolute atomic E-state index is 12.6. The number of ether oxygens (including phenoxy) is 1. The van der Waals surface area contributed by atoms with Crippen LogP contribution in [0.25, 0.3) is 0 Å². The van der Waals surface area contributed by atoms with Crippen LogP contribution in [-0.2, 0) is 15.0 Å². The van der Waals surface area contributed by atoms with Gasteiger partial charge in [-0.1, -0.05) is 37.3 Å². The van der Waals surface area contributed by atoms with Crippen molar-refractivity contribution in [3.8, 4) is 11.5 Å². The van der Waals surface area contributed by atoms with Crippen molar-refractivity contribution in [2.75, 3.05) is 5.32 Å². The van der Waals surface area contributed by atoms with Crippen LogP contribution < -0.4 is 15.4 Å². The predicted molar refractivity (Wildman–Crippen MR) is 122 cm³/mol. The molecule has 32 heavy (non-hydrogen) atoms. The van der Waals surface area contributed by atoms with Crippen LogP contribution in [0.4, 0.5) is 5.69 Å². The number of benzene rings is 3. The highest BCUT2D eigenvalue weighted by atomic mass is 16.5. The number of hydrogen-bond donors (Lipinski definition) is 2. The van der Waals surface area contributed by atoms with Crippen LogP contribution in [0.1, 0.15) is 42.1 Å². The Hall–Kier alpha value is -3.93. The fourth-order valence-corrected chi connectivity index (χ4v) is 3.94. The molecule has 4 rings (SSSR count). The molecule has 1 saturated heterocycles. The van der Waals surface area contributed by atoms with Gasteiger partial charge < -0.3 is 10.1 Å². The molecule has 3 amide bonds. The molecule has 3 aromatic carbocycles. The van der Waals surface area contributed by atoms with Gasteiger partial charge in [0.25, 0.3) is 5.91 Å². The largest absolute Gasteiger partial charge is 0.457 e.